The van der Waals surface area contributed by atoms with E-state index in [-0.39, 0.29) is 26.2 Å². The maximum absolute atomic E-state index is 3.27. The molecular weight excluding hydrogens is 456 g/mol. The van der Waals surface area contributed by atoms with Crippen molar-refractivity contribution < 1.29 is 26.2 Å². The van der Waals surface area contributed by atoms with Gasteiger partial charge in [0, 0.05) is 9.52 Å². The molecule has 4 aromatic rings. The van der Waals surface area contributed by atoms with Crippen LogP contribution < -0.4 is 0 Å². The van der Waals surface area contributed by atoms with Crippen LogP contribution in [0.25, 0.3) is 21.5 Å². The van der Waals surface area contributed by atoms with Gasteiger partial charge < -0.3 is 0 Å². The molecule has 0 aromatic heterocycles. The summed E-state index contributed by atoms with van der Waals surface area (Å²) in [5, 5.41) is 5.28. The van der Waals surface area contributed by atoms with Crippen LogP contribution in [-0.2, 0) is 39.0 Å². The molecule has 2 aliphatic rings. The fourth-order valence-electron chi connectivity index (χ4n) is 3.72. The number of hydrogen-bond acceptors (Lipinski definition) is 0. The minimum absolute atomic E-state index is 0. The van der Waals surface area contributed by atoms with Gasteiger partial charge in [0.05, 0.1) is 0 Å². The summed E-state index contributed by atoms with van der Waals surface area (Å²) >= 11 is 0. The molecule has 2 heteroatoms. The van der Waals surface area contributed by atoms with E-state index < -0.39 is 0 Å². The Kier molecular flexibility index (Phi) is 8.19. The standard InChI is InChI=1S/2C13H9.C2H6Si.Zr/c2*1-2-5-11-9-13-7-3-6-12(13)8-10(11)4-1;1-3-2;/h2*1-5,8-9H,6H2;1-2H3;/q2*-1;;+2. The molecule has 6 rings (SSSR count). The van der Waals surface area contributed by atoms with Crippen LogP contribution in [0, 0.1) is 12.2 Å². The van der Waals surface area contributed by atoms with Crippen molar-refractivity contribution in [3.63, 3.8) is 0 Å². The Morgan fingerprint density at radius 3 is 1.30 bits per heavy atom. The first kappa shape index (κ1) is 22.7. The predicted molar refractivity (Wildman–Crippen MR) is 127 cm³/mol. The van der Waals surface area contributed by atoms with E-state index in [1.54, 1.807) is 0 Å². The number of benzene rings is 4. The molecule has 0 spiro atoms. The van der Waals surface area contributed by atoms with Crippen LogP contribution >= 0.6 is 0 Å². The molecule has 144 valence electrons. The molecule has 0 nitrogen and oxygen atoms in total. The molecule has 0 heterocycles. The molecule has 30 heavy (non-hydrogen) atoms. The van der Waals surface area contributed by atoms with E-state index >= 15 is 0 Å². The Labute approximate surface area is 201 Å². The first-order valence-corrected chi connectivity index (χ1v) is 12.1. The third kappa shape index (κ3) is 5.17. The largest absolute Gasteiger partial charge is 2.00 e. The Morgan fingerprint density at radius 1 is 0.600 bits per heavy atom. The SMILES string of the molecule is C[Si]C.[C-]1=CCc2cc3ccccc3cc21.[C-]1=CCc2cc3ccccc3cc21.[Zr+2]. The molecule has 0 fully saturated rings. The topological polar surface area (TPSA) is 0 Å². The molecule has 2 radical (unpaired) electrons. The molecule has 0 saturated heterocycles. The zero-order valence-corrected chi connectivity index (χ0v) is 21.0. The van der Waals surface area contributed by atoms with Gasteiger partial charge in [-0.15, -0.1) is 23.3 Å². The number of allylic oxidation sites excluding steroid dienone is 2. The van der Waals surface area contributed by atoms with Gasteiger partial charge in [0.15, 0.2) is 0 Å². The summed E-state index contributed by atoms with van der Waals surface area (Å²) in [5.74, 6) is 0. The summed E-state index contributed by atoms with van der Waals surface area (Å²) in [4.78, 5) is 0. The second kappa shape index (κ2) is 10.8. The molecule has 0 bridgehead atoms. The fraction of sp³-hybridized carbons (Fsp3) is 0.143. The van der Waals surface area contributed by atoms with Crippen LogP contribution in [0.2, 0.25) is 13.1 Å². The second-order valence-electron chi connectivity index (χ2n) is 7.32. The molecule has 0 unspecified atom stereocenters. The van der Waals surface area contributed by atoms with Gasteiger partial charge in [-0.3, -0.25) is 0 Å². The van der Waals surface area contributed by atoms with Crippen molar-refractivity contribution in [1.82, 2.24) is 0 Å². The van der Waals surface area contributed by atoms with Crippen LogP contribution in [-0.4, -0.2) is 9.52 Å². The van der Waals surface area contributed by atoms with Crippen molar-refractivity contribution in [3.05, 3.63) is 119 Å². The van der Waals surface area contributed by atoms with Gasteiger partial charge in [0.25, 0.3) is 0 Å². The molecule has 2 aliphatic carbocycles. The minimum Gasteiger partial charge on any atom is -0.189 e. The monoisotopic (exact) mass is 478 g/mol. The van der Waals surface area contributed by atoms with Crippen molar-refractivity contribution in [2.75, 3.05) is 0 Å². The second-order valence-corrected chi connectivity index (χ2v) is 8.32. The van der Waals surface area contributed by atoms with Crippen LogP contribution in [0.5, 0.6) is 0 Å². The van der Waals surface area contributed by atoms with E-state index in [0.717, 1.165) is 22.4 Å². The normalized spacial score (nSPS) is 12.3. The van der Waals surface area contributed by atoms with Gasteiger partial charge in [-0.05, 0) is 10.8 Å². The van der Waals surface area contributed by atoms with E-state index in [0.29, 0.717) is 0 Å². The van der Waals surface area contributed by atoms with Gasteiger partial charge in [-0.2, -0.15) is 47.6 Å². The quantitative estimate of drug-likeness (QED) is 0.188. The molecule has 4 aromatic carbocycles. The van der Waals surface area contributed by atoms with Crippen LogP contribution in [0.15, 0.2) is 84.9 Å². The van der Waals surface area contributed by atoms with Crippen LogP contribution in [0.1, 0.15) is 22.3 Å². The van der Waals surface area contributed by atoms with E-state index in [4.69, 9.17) is 0 Å². The number of rotatable bonds is 0. The summed E-state index contributed by atoms with van der Waals surface area (Å²) in [5.41, 5.74) is 5.33. The molecule has 0 amide bonds. The minimum atomic E-state index is 0. The maximum Gasteiger partial charge on any atom is 2.00 e. The van der Waals surface area contributed by atoms with Crippen molar-refractivity contribution in [1.29, 1.82) is 0 Å². The number of fused-ring (bicyclic) bond motifs is 4. The summed E-state index contributed by atoms with van der Waals surface area (Å²) < 4.78 is 0. The van der Waals surface area contributed by atoms with Crippen molar-refractivity contribution in [2.24, 2.45) is 0 Å². The first-order valence-electron chi connectivity index (χ1n) is 10.1. The zero-order valence-electron chi connectivity index (χ0n) is 17.5. The van der Waals surface area contributed by atoms with E-state index in [9.17, 15) is 0 Å². The Hall–Kier alpha value is -2.02. The van der Waals surface area contributed by atoms with Gasteiger partial charge >= 0.3 is 26.2 Å². The van der Waals surface area contributed by atoms with Crippen LogP contribution in [0.4, 0.5) is 0 Å². The predicted octanol–water partition coefficient (Wildman–Crippen LogP) is 6.99. The number of hydrogen-bond donors (Lipinski definition) is 0. The third-order valence-corrected chi connectivity index (χ3v) is 5.10. The fourth-order valence-corrected chi connectivity index (χ4v) is 3.72. The summed E-state index contributed by atoms with van der Waals surface area (Å²) in [7, 11) is 1.08. The van der Waals surface area contributed by atoms with Crippen molar-refractivity contribution in [3.8, 4) is 0 Å². The average Bonchev–Trinajstić information content (AvgIpc) is 3.40. The maximum atomic E-state index is 3.27. The molecular formula is C28H24SiZr. The molecule has 0 atom stereocenters. The van der Waals surface area contributed by atoms with Crippen molar-refractivity contribution in [2.45, 2.75) is 25.9 Å². The third-order valence-electron chi connectivity index (χ3n) is 5.10. The van der Waals surface area contributed by atoms with Gasteiger partial charge in [-0.25, -0.2) is 0 Å². The Morgan fingerprint density at radius 2 is 0.933 bits per heavy atom. The average molecular weight is 480 g/mol. The van der Waals surface area contributed by atoms with Gasteiger partial charge in [0.2, 0.25) is 0 Å². The van der Waals surface area contributed by atoms with Gasteiger partial charge in [0.1, 0.15) is 0 Å². The molecule has 0 saturated carbocycles. The van der Waals surface area contributed by atoms with E-state index in [2.05, 4.69) is 110 Å². The summed E-state index contributed by atoms with van der Waals surface area (Å²) in [6.07, 6.45) is 12.8. The first-order chi connectivity index (χ1) is 14.3. The zero-order chi connectivity index (χ0) is 20.1. The molecule has 0 aliphatic heterocycles. The van der Waals surface area contributed by atoms with Crippen molar-refractivity contribution >= 4 is 31.1 Å². The Balaban J connectivity index is 0.000000147. The Bertz CT molecular complexity index is 1110. The van der Waals surface area contributed by atoms with E-state index in [1.807, 2.05) is 0 Å². The smallest absolute Gasteiger partial charge is 0.189 e. The van der Waals surface area contributed by atoms with E-state index in [1.165, 1.54) is 43.8 Å². The molecule has 0 N–H and O–H groups in total. The van der Waals surface area contributed by atoms with Gasteiger partial charge in [-0.1, -0.05) is 85.2 Å². The summed E-state index contributed by atoms with van der Waals surface area (Å²) in [6, 6.07) is 25.9. The summed E-state index contributed by atoms with van der Waals surface area (Å²) in [6.45, 7) is 4.31. The van der Waals surface area contributed by atoms with Crippen LogP contribution in [0.3, 0.4) is 0 Å².